The van der Waals surface area contributed by atoms with E-state index in [1.165, 1.54) is 16.7 Å². The van der Waals surface area contributed by atoms with Gasteiger partial charge in [-0.1, -0.05) is 38.1 Å². The second kappa shape index (κ2) is 8.02. The van der Waals surface area contributed by atoms with Gasteiger partial charge in [-0.25, -0.2) is 23.1 Å². The van der Waals surface area contributed by atoms with Gasteiger partial charge in [0.2, 0.25) is 5.91 Å². The topological polar surface area (TPSA) is 96.8 Å². The van der Waals surface area contributed by atoms with Crippen LogP contribution in [0, 0.1) is 11.6 Å². The summed E-state index contributed by atoms with van der Waals surface area (Å²) in [6.07, 6.45) is 0.309. The Morgan fingerprint density at radius 2 is 1.76 bits per heavy atom. The molecule has 34 heavy (non-hydrogen) atoms. The number of para-hydroxylation sites is 1. The normalized spacial score (nSPS) is 13.3. The Balaban J connectivity index is 2.01. The summed E-state index contributed by atoms with van der Waals surface area (Å²) in [6, 6.07) is 10.4. The average Bonchev–Trinajstić information content (AvgIpc) is 2.78. The fourth-order valence-electron chi connectivity index (χ4n) is 4.40. The number of aromatic amines is 1. The maximum absolute atomic E-state index is 15.2. The van der Waals surface area contributed by atoms with Crippen molar-refractivity contribution < 1.29 is 13.6 Å². The predicted molar refractivity (Wildman–Crippen MR) is 124 cm³/mol. The number of aryl methyl sites for hydroxylation is 1. The fraction of sp³-hybridized carbons (Fsp3) is 0.200. The first-order valence-electron chi connectivity index (χ1n) is 10.8. The molecule has 0 saturated heterocycles. The van der Waals surface area contributed by atoms with Crippen molar-refractivity contribution in [3.63, 3.8) is 0 Å². The van der Waals surface area contributed by atoms with E-state index in [1.807, 2.05) is 26.0 Å². The number of hydrogen-bond acceptors (Lipinski definition) is 4. The first-order chi connectivity index (χ1) is 16.3. The van der Waals surface area contributed by atoms with Gasteiger partial charge in [0.25, 0.3) is 5.56 Å². The van der Waals surface area contributed by atoms with E-state index < -0.39 is 34.5 Å². The first-order valence-corrected chi connectivity index (χ1v) is 10.8. The minimum atomic E-state index is -0.960. The molecular weight excluding hydrogens is 442 g/mol. The van der Waals surface area contributed by atoms with Gasteiger partial charge in [0.15, 0.2) is 11.5 Å². The van der Waals surface area contributed by atoms with Crippen LogP contribution in [0.1, 0.15) is 37.3 Å². The lowest BCUT2D eigenvalue weighted by Gasteiger charge is -2.21. The molecule has 0 radical (unpaired) electrons. The van der Waals surface area contributed by atoms with E-state index in [0.29, 0.717) is 11.3 Å². The Morgan fingerprint density at radius 1 is 1.00 bits per heavy atom. The number of benzene rings is 2. The molecule has 0 aliphatic carbocycles. The molecular formula is C25H20F2N4O3. The molecule has 2 bridgehead atoms. The molecule has 7 nitrogen and oxygen atoms in total. The van der Waals surface area contributed by atoms with Crippen molar-refractivity contribution in [2.45, 2.75) is 32.6 Å². The third kappa shape index (κ3) is 3.40. The summed E-state index contributed by atoms with van der Waals surface area (Å²) in [4.78, 5) is 45.0. The van der Waals surface area contributed by atoms with E-state index in [4.69, 9.17) is 0 Å². The van der Waals surface area contributed by atoms with Gasteiger partial charge in [0.05, 0.1) is 22.3 Å². The van der Waals surface area contributed by atoms with Gasteiger partial charge in [0, 0.05) is 6.42 Å². The summed E-state index contributed by atoms with van der Waals surface area (Å²) in [5.41, 5.74) is -0.340. The van der Waals surface area contributed by atoms with Crippen LogP contribution in [0.2, 0.25) is 0 Å². The average molecular weight is 462 g/mol. The predicted octanol–water partition coefficient (Wildman–Crippen LogP) is 4.03. The van der Waals surface area contributed by atoms with Crippen molar-refractivity contribution >= 4 is 22.6 Å². The van der Waals surface area contributed by atoms with Crippen molar-refractivity contribution in [2.75, 3.05) is 5.32 Å². The third-order valence-corrected chi connectivity index (χ3v) is 5.98. The van der Waals surface area contributed by atoms with E-state index >= 15 is 4.39 Å². The van der Waals surface area contributed by atoms with Crippen molar-refractivity contribution in [3.8, 4) is 16.9 Å². The largest absolute Gasteiger partial charge is 0.334 e. The number of nitrogens with zero attached hydrogens (tertiary/aromatic N) is 2. The molecule has 0 saturated carbocycles. The van der Waals surface area contributed by atoms with Crippen LogP contribution in [0.15, 0.2) is 52.1 Å². The van der Waals surface area contributed by atoms with Crippen LogP contribution in [0.25, 0.3) is 28.0 Å². The number of H-pyrrole nitrogens is 1. The quantitative estimate of drug-likeness (QED) is 0.446. The van der Waals surface area contributed by atoms with Gasteiger partial charge < -0.3 is 5.32 Å². The Labute approximate surface area is 192 Å². The molecule has 1 amide bonds. The first kappa shape index (κ1) is 21.7. The number of rotatable bonds is 1. The summed E-state index contributed by atoms with van der Waals surface area (Å²) in [6.45, 7) is 3.89. The highest BCUT2D eigenvalue weighted by Crippen LogP contribution is 2.34. The van der Waals surface area contributed by atoms with Crippen molar-refractivity contribution in [3.05, 3.63) is 86.1 Å². The maximum atomic E-state index is 15.2. The number of aromatic nitrogens is 3. The number of anilines is 1. The Hall–Kier alpha value is -4.14. The highest BCUT2D eigenvalue weighted by atomic mass is 19.1. The van der Waals surface area contributed by atoms with Crippen molar-refractivity contribution in [1.29, 1.82) is 0 Å². The smallest absolute Gasteiger partial charge is 0.325 e. The second-order valence-corrected chi connectivity index (χ2v) is 8.50. The van der Waals surface area contributed by atoms with Gasteiger partial charge in [-0.3, -0.25) is 14.6 Å². The summed E-state index contributed by atoms with van der Waals surface area (Å²) in [7, 11) is 0. The van der Waals surface area contributed by atoms with Crippen LogP contribution >= 0.6 is 0 Å². The van der Waals surface area contributed by atoms with Crippen molar-refractivity contribution in [2.24, 2.45) is 0 Å². The van der Waals surface area contributed by atoms with Gasteiger partial charge in [0.1, 0.15) is 11.5 Å². The summed E-state index contributed by atoms with van der Waals surface area (Å²) in [5, 5.41) is 2.50. The molecule has 0 atom stereocenters. The molecule has 5 rings (SSSR count). The fourth-order valence-corrected chi connectivity index (χ4v) is 4.40. The number of fused-ring (bicyclic) bond motifs is 5. The Kier molecular flexibility index (Phi) is 5.11. The zero-order valence-corrected chi connectivity index (χ0v) is 18.4. The van der Waals surface area contributed by atoms with E-state index in [2.05, 4.69) is 15.3 Å². The zero-order valence-electron chi connectivity index (χ0n) is 18.4. The van der Waals surface area contributed by atoms with Gasteiger partial charge in [-0.05, 0) is 41.7 Å². The number of pyridine rings is 1. The van der Waals surface area contributed by atoms with Gasteiger partial charge in [-0.2, -0.15) is 0 Å². The Morgan fingerprint density at radius 3 is 2.53 bits per heavy atom. The third-order valence-electron chi connectivity index (χ3n) is 5.98. The molecule has 172 valence electrons. The number of nitrogens with one attached hydrogen (secondary N) is 2. The van der Waals surface area contributed by atoms with Crippen LogP contribution < -0.4 is 16.6 Å². The molecule has 2 aromatic carbocycles. The second-order valence-electron chi connectivity index (χ2n) is 8.50. The van der Waals surface area contributed by atoms with E-state index in [-0.39, 0.29) is 41.0 Å². The van der Waals surface area contributed by atoms with Crippen LogP contribution in [0.4, 0.5) is 14.5 Å². The van der Waals surface area contributed by atoms with Gasteiger partial charge in [-0.15, -0.1) is 0 Å². The molecule has 1 aliphatic heterocycles. The van der Waals surface area contributed by atoms with Crippen LogP contribution in [0.5, 0.6) is 0 Å². The minimum Gasteiger partial charge on any atom is -0.325 e. The number of carbonyl (C=O) groups is 1. The van der Waals surface area contributed by atoms with E-state index in [9.17, 15) is 18.8 Å². The molecule has 9 heteroatoms. The zero-order chi connectivity index (χ0) is 24.1. The lowest BCUT2D eigenvalue weighted by atomic mass is 9.95. The molecule has 3 heterocycles. The number of carbonyl (C=O) groups excluding carboxylic acids is 1. The number of halogens is 2. The molecule has 0 fully saturated rings. The standard InChI is InChI=1S/C25H20F2N4O3/c1-12(2)14-6-3-5-13-9-10-19(32)28-18-8-4-7-16(26)20(18)21-17(27)11-15-23(29-21)31(22(13)14)25(34)30-24(15)33/h3-8,11-12H,9-10H2,1-2H3,(H,28,32)(H,30,33,34). The SMILES string of the molecule is CC(C)c1cccc2c1-n1c(=O)[nH]c(=O)c3cc(F)c(nc31)-c1c(F)cccc1NC(=O)CC2. The molecule has 0 spiro atoms. The summed E-state index contributed by atoms with van der Waals surface area (Å²) < 4.78 is 31.4. The maximum Gasteiger partial charge on any atom is 0.334 e. The lowest BCUT2D eigenvalue weighted by Crippen LogP contribution is -2.31. The van der Waals surface area contributed by atoms with Gasteiger partial charge >= 0.3 is 5.69 Å². The van der Waals surface area contributed by atoms with Crippen molar-refractivity contribution in [1.82, 2.24) is 14.5 Å². The number of hydrogen-bond donors (Lipinski definition) is 2. The Bertz CT molecular complexity index is 1600. The number of amides is 1. The molecule has 0 unspecified atom stereocenters. The highest BCUT2D eigenvalue weighted by Gasteiger charge is 2.25. The lowest BCUT2D eigenvalue weighted by molar-refractivity contribution is -0.116. The highest BCUT2D eigenvalue weighted by molar-refractivity contribution is 5.96. The van der Waals surface area contributed by atoms with Crippen LogP contribution in [0.3, 0.4) is 0 Å². The van der Waals surface area contributed by atoms with E-state index in [0.717, 1.165) is 17.7 Å². The van der Waals surface area contributed by atoms with Crippen LogP contribution in [-0.4, -0.2) is 20.4 Å². The molecule has 1 aliphatic rings. The monoisotopic (exact) mass is 462 g/mol. The van der Waals surface area contributed by atoms with E-state index in [1.54, 1.807) is 6.07 Å². The minimum absolute atomic E-state index is 0.0244. The van der Waals surface area contributed by atoms with Crippen LogP contribution in [-0.2, 0) is 11.2 Å². The molecule has 4 aromatic rings. The molecule has 2 aromatic heterocycles. The summed E-state index contributed by atoms with van der Waals surface area (Å²) >= 11 is 0. The summed E-state index contributed by atoms with van der Waals surface area (Å²) in [5.74, 6) is -2.19. The molecule has 2 N–H and O–H groups in total.